The lowest BCUT2D eigenvalue weighted by atomic mass is 10.1. The minimum Gasteiger partial charge on any atom is -0.362 e. The molecule has 0 radical (unpaired) electrons. The van der Waals surface area contributed by atoms with E-state index in [1.165, 1.54) is 0 Å². The molecule has 2 N–H and O–H groups in total. The average Bonchev–Trinajstić information content (AvgIpc) is 2.19. The van der Waals surface area contributed by atoms with Crippen molar-refractivity contribution in [3.63, 3.8) is 0 Å². The minimum atomic E-state index is -0.892. The van der Waals surface area contributed by atoms with E-state index in [-0.39, 0.29) is 5.82 Å². The first kappa shape index (κ1) is 19.2. The number of allylic oxidation sites excluding steroid dienone is 1. The van der Waals surface area contributed by atoms with E-state index in [9.17, 15) is 20.2 Å². The summed E-state index contributed by atoms with van der Waals surface area (Å²) in [6.07, 6.45) is 0.717. The third-order valence-corrected chi connectivity index (χ3v) is 2.13. The predicted octanol–water partition coefficient (Wildman–Crippen LogP) is 2.57. The minimum absolute atomic E-state index is 0.0694. The number of nitro groups is 2. The summed E-state index contributed by atoms with van der Waals surface area (Å²) in [5, 5.41) is 26.8. The zero-order valence-electron chi connectivity index (χ0n) is 13.0. The van der Waals surface area contributed by atoms with Crippen LogP contribution in [0, 0.1) is 20.2 Å². The molecule has 0 unspecified atom stereocenters. The molecule has 0 aliphatic rings. The Bertz CT molecular complexity index is 468. The van der Waals surface area contributed by atoms with E-state index in [0.717, 1.165) is 0 Å². The summed E-state index contributed by atoms with van der Waals surface area (Å²) in [4.78, 5) is 20.2. The van der Waals surface area contributed by atoms with Gasteiger partial charge in [0.2, 0.25) is 0 Å². The summed E-state index contributed by atoms with van der Waals surface area (Å²) in [7, 11) is 0. The number of hydrogen-bond donors (Lipinski definition) is 2. The van der Waals surface area contributed by atoms with Crippen LogP contribution in [0.4, 0.5) is 0 Å². The lowest BCUT2D eigenvalue weighted by Gasteiger charge is -2.29. The van der Waals surface area contributed by atoms with E-state index in [1.54, 1.807) is 0 Å². The first-order valence-corrected chi connectivity index (χ1v) is 6.57. The molecule has 0 spiro atoms. The number of rotatable bonds is 5. The topological polar surface area (TPSA) is 110 Å². The van der Waals surface area contributed by atoms with Gasteiger partial charge in [-0.15, -0.1) is 0 Å². The molecular weight excluding hydrogens is 300 g/mol. The second-order valence-corrected chi connectivity index (χ2v) is 6.88. The second-order valence-electron chi connectivity index (χ2n) is 6.49. The number of nitrogens with one attached hydrogen (secondary N) is 2. The molecule has 9 heteroatoms. The maximum absolute atomic E-state index is 11.2. The molecule has 120 valence electrons. The molecule has 0 bridgehead atoms. The van der Waals surface area contributed by atoms with Crippen LogP contribution in [0.1, 0.15) is 41.5 Å². The molecule has 0 aromatic rings. The Balaban J connectivity index is 5.99. The van der Waals surface area contributed by atoms with Crippen LogP contribution in [-0.4, -0.2) is 20.9 Å². The maximum atomic E-state index is 11.2. The lowest BCUT2D eigenvalue weighted by Crippen LogP contribution is -2.47. The average molecular weight is 321 g/mol. The van der Waals surface area contributed by atoms with Crippen LogP contribution in [0.25, 0.3) is 0 Å². The van der Waals surface area contributed by atoms with Crippen molar-refractivity contribution in [2.75, 3.05) is 0 Å². The second kappa shape index (κ2) is 6.75. The summed E-state index contributed by atoms with van der Waals surface area (Å²) < 4.78 is 0. The molecule has 0 aliphatic carbocycles. The summed E-state index contributed by atoms with van der Waals surface area (Å²) in [6.45, 7) is 10.9. The fourth-order valence-corrected chi connectivity index (χ4v) is 1.39. The molecule has 0 aliphatic heterocycles. The SMILES string of the molecule is CC(C)(C)NC(NC(C)(C)C)=C(/C=C(/Cl)[N+](=O)[O-])[N+](=O)[O-]. The molecule has 0 amide bonds. The highest BCUT2D eigenvalue weighted by molar-refractivity contribution is 6.28. The van der Waals surface area contributed by atoms with Crippen molar-refractivity contribution in [2.45, 2.75) is 52.6 Å². The van der Waals surface area contributed by atoms with Crippen molar-refractivity contribution in [2.24, 2.45) is 0 Å². The van der Waals surface area contributed by atoms with E-state index in [0.29, 0.717) is 6.08 Å². The third-order valence-electron chi connectivity index (χ3n) is 1.88. The molecule has 0 saturated carbocycles. The molecule has 8 nitrogen and oxygen atoms in total. The van der Waals surface area contributed by atoms with Gasteiger partial charge < -0.3 is 10.6 Å². The molecule has 0 saturated heterocycles. The van der Waals surface area contributed by atoms with Crippen LogP contribution in [0.2, 0.25) is 0 Å². The Morgan fingerprint density at radius 2 is 1.33 bits per heavy atom. The van der Waals surface area contributed by atoms with Gasteiger partial charge in [-0.25, -0.2) is 0 Å². The van der Waals surface area contributed by atoms with Gasteiger partial charge >= 0.3 is 10.9 Å². The van der Waals surface area contributed by atoms with Gasteiger partial charge in [0.05, 0.1) is 9.85 Å². The Kier molecular flexibility index (Phi) is 6.16. The van der Waals surface area contributed by atoms with Gasteiger partial charge in [0, 0.05) is 11.1 Å². The quantitative estimate of drug-likeness (QED) is 0.348. The normalized spacial score (nSPS) is 12.6. The molecule has 0 heterocycles. The van der Waals surface area contributed by atoms with Crippen molar-refractivity contribution in [3.8, 4) is 0 Å². The number of hydrogen-bond acceptors (Lipinski definition) is 6. The lowest BCUT2D eigenvalue weighted by molar-refractivity contribution is -0.429. The molecule has 0 aromatic carbocycles. The Labute approximate surface area is 128 Å². The first-order chi connectivity index (χ1) is 9.23. The van der Waals surface area contributed by atoms with Crippen molar-refractivity contribution >= 4 is 11.6 Å². The van der Waals surface area contributed by atoms with Gasteiger partial charge in [-0.05, 0) is 53.1 Å². The van der Waals surface area contributed by atoms with E-state index in [1.807, 2.05) is 41.5 Å². The summed E-state index contributed by atoms with van der Waals surface area (Å²) in [6, 6.07) is 0. The van der Waals surface area contributed by atoms with Crippen LogP contribution in [0.3, 0.4) is 0 Å². The van der Waals surface area contributed by atoms with E-state index in [2.05, 4.69) is 10.6 Å². The van der Waals surface area contributed by atoms with Crippen molar-refractivity contribution in [1.82, 2.24) is 10.6 Å². The predicted molar refractivity (Wildman–Crippen MR) is 80.7 cm³/mol. The maximum Gasteiger partial charge on any atom is 0.344 e. The van der Waals surface area contributed by atoms with Gasteiger partial charge in [0.25, 0.3) is 0 Å². The molecule has 0 rings (SSSR count). The van der Waals surface area contributed by atoms with Gasteiger partial charge in [-0.2, -0.15) is 0 Å². The molecule has 0 fully saturated rings. The molecule has 0 aromatic heterocycles. The highest BCUT2D eigenvalue weighted by Crippen LogP contribution is 2.15. The Hall–Kier alpha value is -1.83. The molecular formula is C12H21ClN4O4. The van der Waals surface area contributed by atoms with E-state index in [4.69, 9.17) is 11.6 Å². The summed E-state index contributed by atoms with van der Waals surface area (Å²) in [5.74, 6) is 0.0694. The Morgan fingerprint density at radius 1 is 0.952 bits per heavy atom. The highest BCUT2D eigenvalue weighted by Gasteiger charge is 2.27. The third kappa shape index (κ3) is 8.13. The zero-order valence-corrected chi connectivity index (χ0v) is 13.7. The van der Waals surface area contributed by atoms with Gasteiger partial charge in [0.15, 0.2) is 5.82 Å². The standard InChI is InChI=1S/C12H21ClN4O4/c1-11(2,3)14-10(15-12(4,5)6)8(16(18)19)7-9(13)17(20)21/h7,14-15H,1-6H3/b9-7-. The number of halogens is 1. The fraction of sp³-hybridized carbons (Fsp3) is 0.667. The largest absolute Gasteiger partial charge is 0.362 e. The monoisotopic (exact) mass is 320 g/mol. The summed E-state index contributed by atoms with van der Waals surface area (Å²) >= 11 is 5.41. The van der Waals surface area contributed by atoms with E-state index < -0.39 is 31.8 Å². The van der Waals surface area contributed by atoms with Gasteiger partial charge in [-0.3, -0.25) is 20.2 Å². The van der Waals surface area contributed by atoms with Crippen molar-refractivity contribution in [3.05, 3.63) is 43.0 Å². The van der Waals surface area contributed by atoms with Crippen molar-refractivity contribution < 1.29 is 9.85 Å². The van der Waals surface area contributed by atoms with Crippen LogP contribution in [0.5, 0.6) is 0 Å². The zero-order chi connectivity index (χ0) is 17.0. The van der Waals surface area contributed by atoms with Crippen LogP contribution >= 0.6 is 11.6 Å². The van der Waals surface area contributed by atoms with Gasteiger partial charge in [0.1, 0.15) is 6.08 Å². The van der Waals surface area contributed by atoms with Crippen LogP contribution < -0.4 is 10.6 Å². The van der Waals surface area contributed by atoms with Crippen LogP contribution in [-0.2, 0) is 0 Å². The molecule has 0 atom stereocenters. The molecule has 21 heavy (non-hydrogen) atoms. The highest BCUT2D eigenvalue weighted by atomic mass is 35.5. The number of nitrogens with zero attached hydrogens (tertiary/aromatic N) is 2. The van der Waals surface area contributed by atoms with Crippen molar-refractivity contribution in [1.29, 1.82) is 0 Å². The summed E-state index contributed by atoms with van der Waals surface area (Å²) in [5.41, 5.74) is -1.46. The smallest absolute Gasteiger partial charge is 0.344 e. The van der Waals surface area contributed by atoms with Gasteiger partial charge in [-0.1, -0.05) is 0 Å². The van der Waals surface area contributed by atoms with Crippen LogP contribution in [0.15, 0.2) is 22.8 Å². The fourth-order valence-electron chi connectivity index (χ4n) is 1.29. The first-order valence-electron chi connectivity index (χ1n) is 6.19. The van der Waals surface area contributed by atoms with E-state index >= 15 is 0 Å². The Morgan fingerprint density at radius 3 is 1.57 bits per heavy atom.